The monoisotopic (exact) mass is 512 g/mol. The molecule has 1 N–H and O–H groups in total. The van der Waals surface area contributed by atoms with Gasteiger partial charge in [0.15, 0.2) is 0 Å². The summed E-state index contributed by atoms with van der Waals surface area (Å²) in [4.78, 5) is 0. The maximum Gasteiger partial charge on any atom is 0.0471 e. The van der Waals surface area contributed by atoms with Crippen LogP contribution in [0.3, 0.4) is 0 Å². The van der Waals surface area contributed by atoms with Gasteiger partial charge in [-0.1, -0.05) is 147 Å². The van der Waals surface area contributed by atoms with Gasteiger partial charge in [0.25, 0.3) is 0 Å². The Morgan fingerprint density at radius 3 is 1.62 bits per heavy atom. The van der Waals surface area contributed by atoms with Crippen molar-refractivity contribution < 1.29 is 5.11 Å². The van der Waals surface area contributed by atoms with Gasteiger partial charge >= 0.3 is 0 Å². The second kappa shape index (κ2) is 11.0. The zero-order chi connectivity index (χ0) is 26.7. The molecule has 2 atom stereocenters. The van der Waals surface area contributed by atoms with Gasteiger partial charge in [-0.05, 0) is 70.8 Å². The SMILES string of the molecule is CCCCC(CO)C(c1ccccc1)(c1ccccc1)C1(C2CC2=C(c2ccccc2)c2ccccc2)CC1. The largest absolute Gasteiger partial charge is 0.396 e. The lowest BCUT2D eigenvalue weighted by Crippen LogP contribution is -2.48. The highest BCUT2D eigenvalue weighted by molar-refractivity contribution is 5.85. The van der Waals surface area contributed by atoms with Gasteiger partial charge in [-0.15, -0.1) is 0 Å². The van der Waals surface area contributed by atoms with E-state index in [1.54, 1.807) is 5.57 Å². The third kappa shape index (κ3) is 4.47. The van der Waals surface area contributed by atoms with E-state index in [0.717, 1.165) is 25.7 Å². The number of allylic oxidation sites excluding steroid dienone is 1. The molecule has 39 heavy (non-hydrogen) atoms. The quantitative estimate of drug-likeness (QED) is 0.212. The van der Waals surface area contributed by atoms with Crippen LogP contribution < -0.4 is 0 Å². The molecule has 1 heteroatoms. The highest BCUT2D eigenvalue weighted by atomic mass is 16.3. The van der Waals surface area contributed by atoms with Crippen LogP contribution in [-0.4, -0.2) is 11.7 Å². The average Bonchev–Trinajstić information content (AvgIpc) is 3.94. The van der Waals surface area contributed by atoms with Crippen LogP contribution in [0.1, 0.15) is 67.7 Å². The molecular weight excluding hydrogens is 472 g/mol. The zero-order valence-electron chi connectivity index (χ0n) is 23.1. The first-order chi connectivity index (χ1) is 19.3. The molecule has 0 aromatic heterocycles. The van der Waals surface area contributed by atoms with Gasteiger partial charge in [-0.3, -0.25) is 0 Å². The predicted molar refractivity (Wildman–Crippen MR) is 162 cm³/mol. The normalized spacial score (nSPS) is 18.4. The summed E-state index contributed by atoms with van der Waals surface area (Å²) in [6.45, 7) is 2.48. The number of unbranched alkanes of at least 4 members (excludes halogenated alkanes) is 1. The lowest BCUT2D eigenvalue weighted by molar-refractivity contribution is 0.0964. The van der Waals surface area contributed by atoms with E-state index in [9.17, 15) is 5.11 Å². The molecule has 0 bridgehead atoms. The molecule has 1 nitrogen and oxygen atoms in total. The number of hydrogen-bond acceptors (Lipinski definition) is 1. The molecule has 2 unspecified atom stereocenters. The van der Waals surface area contributed by atoms with Crippen LogP contribution >= 0.6 is 0 Å². The molecule has 2 aliphatic rings. The third-order valence-electron chi connectivity index (χ3n) is 9.57. The summed E-state index contributed by atoms with van der Waals surface area (Å²) in [5.74, 6) is 0.674. The number of rotatable bonds is 11. The molecule has 0 saturated heterocycles. The molecule has 0 spiro atoms. The van der Waals surface area contributed by atoms with Crippen LogP contribution in [0.15, 0.2) is 127 Å². The molecule has 2 fully saturated rings. The maximum atomic E-state index is 11.1. The standard InChI is InChI=1S/C38H40O/c1-2-3-20-33(28-39)38(31-21-12-6-13-22-31,32-23-14-7-15-24-32)37(25-26-37)35-27-34(35)36(29-16-8-4-9-17-29)30-18-10-5-11-19-30/h4-19,21-24,33,35,39H,2-3,20,25-28H2,1H3. The van der Waals surface area contributed by atoms with Gasteiger partial charge in [0.1, 0.15) is 0 Å². The average molecular weight is 513 g/mol. The van der Waals surface area contributed by atoms with Crippen molar-refractivity contribution in [1.82, 2.24) is 0 Å². The molecule has 0 amide bonds. The molecule has 4 aromatic carbocycles. The summed E-state index contributed by atoms with van der Waals surface area (Å²) in [6.07, 6.45) is 6.84. The van der Waals surface area contributed by atoms with Crippen LogP contribution in [0.25, 0.3) is 5.57 Å². The highest BCUT2D eigenvalue weighted by Gasteiger charge is 2.70. The van der Waals surface area contributed by atoms with Gasteiger partial charge < -0.3 is 5.11 Å². The van der Waals surface area contributed by atoms with Crippen LogP contribution in [0.5, 0.6) is 0 Å². The summed E-state index contributed by atoms with van der Waals surface area (Å²) >= 11 is 0. The van der Waals surface area contributed by atoms with Crippen molar-refractivity contribution >= 4 is 5.57 Å². The lowest BCUT2D eigenvalue weighted by atomic mass is 9.54. The van der Waals surface area contributed by atoms with Crippen molar-refractivity contribution in [3.63, 3.8) is 0 Å². The predicted octanol–water partition coefficient (Wildman–Crippen LogP) is 9.07. The summed E-state index contributed by atoms with van der Waals surface area (Å²) < 4.78 is 0. The Morgan fingerprint density at radius 2 is 1.21 bits per heavy atom. The van der Waals surface area contributed by atoms with Gasteiger partial charge in [-0.2, -0.15) is 0 Å². The number of benzene rings is 4. The van der Waals surface area contributed by atoms with E-state index < -0.39 is 0 Å². The van der Waals surface area contributed by atoms with Crippen LogP contribution in [0.4, 0.5) is 0 Å². The van der Waals surface area contributed by atoms with Crippen molar-refractivity contribution in [2.45, 2.75) is 50.9 Å². The Hall–Kier alpha value is -3.42. The fourth-order valence-electron chi connectivity index (χ4n) is 7.78. The van der Waals surface area contributed by atoms with Crippen LogP contribution in [0.2, 0.25) is 0 Å². The smallest absolute Gasteiger partial charge is 0.0471 e. The second-order valence-corrected chi connectivity index (χ2v) is 11.6. The topological polar surface area (TPSA) is 20.2 Å². The van der Waals surface area contributed by atoms with Crippen LogP contribution in [0, 0.1) is 17.3 Å². The van der Waals surface area contributed by atoms with E-state index in [4.69, 9.17) is 0 Å². The van der Waals surface area contributed by atoms with Crippen molar-refractivity contribution in [2.24, 2.45) is 17.3 Å². The molecular formula is C38H40O. The first-order valence-electron chi connectivity index (χ1n) is 14.8. The van der Waals surface area contributed by atoms with E-state index in [2.05, 4.69) is 128 Å². The summed E-state index contributed by atoms with van der Waals surface area (Å²) in [5.41, 5.74) is 8.24. The summed E-state index contributed by atoms with van der Waals surface area (Å²) in [6, 6.07) is 44.3. The van der Waals surface area contributed by atoms with Crippen molar-refractivity contribution in [1.29, 1.82) is 0 Å². The molecule has 198 valence electrons. The highest BCUT2D eigenvalue weighted by Crippen LogP contribution is 2.76. The Kier molecular flexibility index (Phi) is 7.28. The van der Waals surface area contributed by atoms with Crippen molar-refractivity contribution in [2.75, 3.05) is 6.61 Å². The number of hydrogen-bond donors (Lipinski definition) is 1. The van der Waals surface area contributed by atoms with E-state index in [-0.39, 0.29) is 23.4 Å². The first kappa shape index (κ1) is 25.8. The fraction of sp³-hybridized carbons (Fsp3) is 0.316. The van der Waals surface area contributed by atoms with Crippen LogP contribution in [-0.2, 0) is 5.41 Å². The molecule has 2 saturated carbocycles. The Balaban J connectivity index is 1.57. The molecule has 0 aliphatic heterocycles. The van der Waals surface area contributed by atoms with E-state index in [1.165, 1.54) is 40.7 Å². The fourth-order valence-corrected chi connectivity index (χ4v) is 7.78. The zero-order valence-corrected chi connectivity index (χ0v) is 23.1. The molecule has 0 radical (unpaired) electrons. The Labute approximate surface area is 234 Å². The number of aliphatic hydroxyl groups is 1. The lowest BCUT2D eigenvalue weighted by Gasteiger charge is -2.49. The van der Waals surface area contributed by atoms with Gasteiger partial charge in [-0.25, -0.2) is 0 Å². The second-order valence-electron chi connectivity index (χ2n) is 11.6. The van der Waals surface area contributed by atoms with Gasteiger partial charge in [0.2, 0.25) is 0 Å². The van der Waals surface area contributed by atoms with Crippen molar-refractivity contribution in [3.8, 4) is 0 Å². The minimum absolute atomic E-state index is 0.0982. The summed E-state index contributed by atoms with van der Waals surface area (Å²) in [7, 11) is 0. The maximum absolute atomic E-state index is 11.1. The van der Waals surface area contributed by atoms with Gasteiger partial charge in [0, 0.05) is 12.0 Å². The Bertz CT molecular complexity index is 1300. The minimum Gasteiger partial charge on any atom is -0.396 e. The number of aliphatic hydroxyl groups excluding tert-OH is 1. The van der Waals surface area contributed by atoms with E-state index in [1.807, 2.05) is 0 Å². The third-order valence-corrected chi connectivity index (χ3v) is 9.57. The minimum atomic E-state index is -0.232. The molecule has 6 rings (SSSR count). The van der Waals surface area contributed by atoms with E-state index in [0.29, 0.717) is 5.92 Å². The van der Waals surface area contributed by atoms with E-state index >= 15 is 0 Å². The molecule has 0 heterocycles. The Morgan fingerprint density at radius 1 is 0.744 bits per heavy atom. The molecule has 2 aliphatic carbocycles. The van der Waals surface area contributed by atoms with Gasteiger partial charge in [0.05, 0.1) is 0 Å². The first-order valence-corrected chi connectivity index (χ1v) is 14.8. The molecule has 4 aromatic rings. The summed E-state index contributed by atoms with van der Waals surface area (Å²) in [5, 5.41) is 11.1. The van der Waals surface area contributed by atoms with Crippen molar-refractivity contribution in [3.05, 3.63) is 149 Å².